The van der Waals surface area contributed by atoms with Crippen molar-refractivity contribution < 1.29 is 14.3 Å². The summed E-state index contributed by atoms with van der Waals surface area (Å²) in [5.74, 6) is 1.00. The van der Waals surface area contributed by atoms with E-state index < -0.39 is 5.97 Å². The lowest BCUT2D eigenvalue weighted by Crippen LogP contribution is -2.15. The van der Waals surface area contributed by atoms with Crippen LogP contribution in [0.5, 0.6) is 5.75 Å². The van der Waals surface area contributed by atoms with Crippen LogP contribution >= 0.6 is 0 Å². The van der Waals surface area contributed by atoms with Crippen LogP contribution in [0.3, 0.4) is 0 Å². The molecule has 4 aromatic rings. The highest BCUT2D eigenvalue weighted by atomic mass is 16.5. The van der Waals surface area contributed by atoms with Crippen LogP contribution in [0.15, 0.2) is 43.1 Å². The first kappa shape index (κ1) is 26.5. The number of benzene rings is 1. The van der Waals surface area contributed by atoms with Gasteiger partial charge >= 0.3 is 5.97 Å². The SMILES string of the molecule is CCOC(=O)c1cnc(Nc2cnn(CCCN(C)C)c2)nc1Nc1cccc(-c2ncn(C)n2)c1OC. The van der Waals surface area contributed by atoms with Crippen LogP contribution in [0.1, 0.15) is 23.7 Å². The molecule has 0 saturated heterocycles. The van der Waals surface area contributed by atoms with Crippen LogP contribution in [0.4, 0.5) is 23.1 Å². The van der Waals surface area contributed by atoms with E-state index in [4.69, 9.17) is 9.47 Å². The topological polar surface area (TPSA) is 137 Å². The van der Waals surface area contributed by atoms with Crippen molar-refractivity contribution in [3.8, 4) is 17.1 Å². The summed E-state index contributed by atoms with van der Waals surface area (Å²) in [6, 6.07) is 5.51. The monoisotopic (exact) mass is 520 g/mol. The molecule has 13 nitrogen and oxygen atoms in total. The van der Waals surface area contributed by atoms with Gasteiger partial charge in [0.1, 0.15) is 11.9 Å². The summed E-state index contributed by atoms with van der Waals surface area (Å²) < 4.78 is 14.4. The second-order valence-corrected chi connectivity index (χ2v) is 8.70. The van der Waals surface area contributed by atoms with Crippen LogP contribution in [0.25, 0.3) is 11.4 Å². The minimum atomic E-state index is -0.545. The van der Waals surface area contributed by atoms with Crippen molar-refractivity contribution in [3.63, 3.8) is 0 Å². The molecule has 0 atom stereocenters. The molecule has 1 aromatic carbocycles. The normalized spacial score (nSPS) is 11.0. The predicted octanol–water partition coefficient (Wildman–Crippen LogP) is 3.09. The van der Waals surface area contributed by atoms with E-state index in [1.54, 1.807) is 38.3 Å². The Morgan fingerprint density at radius 3 is 2.71 bits per heavy atom. The quantitative estimate of drug-likeness (QED) is 0.267. The van der Waals surface area contributed by atoms with Crippen molar-refractivity contribution in [3.05, 3.63) is 48.7 Å². The Kier molecular flexibility index (Phi) is 8.48. The first-order valence-electron chi connectivity index (χ1n) is 12.2. The zero-order valence-electron chi connectivity index (χ0n) is 22.2. The molecule has 2 N–H and O–H groups in total. The number of para-hydroxylation sites is 1. The van der Waals surface area contributed by atoms with Crippen LogP contribution < -0.4 is 15.4 Å². The van der Waals surface area contributed by atoms with Gasteiger partial charge in [0.15, 0.2) is 17.4 Å². The van der Waals surface area contributed by atoms with Gasteiger partial charge in [0.05, 0.1) is 36.9 Å². The Hall–Kier alpha value is -4.52. The average molecular weight is 521 g/mol. The van der Waals surface area contributed by atoms with Crippen molar-refractivity contribution in [1.82, 2.24) is 39.4 Å². The lowest BCUT2D eigenvalue weighted by molar-refractivity contribution is 0.0526. The first-order valence-corrected chi connectivity index (χ1v) is 12.2. The van der Waals surface area contributed by atoms with Gasteiger partial charge < -0.3 is 25.0 Å². The Balaban J connectivity index is 1.62. The molecule has 200 valence electrons. The number of esters is 1. The molecule has 0 aliphatic rings. The van der Waals surface area contributed by atoms with Gasteiger partial charge in [-0.15, -0.1) is 0 Å². The molecule has 0 spiro atoms. The van der Waals surface area contributed by atoms with Gasteiger partial charge in [0.25, 0.3) is 0 Å². The first-order chi connectivity index (χ1) is 18.4. The van der Waals surface area contributed by atoms with Gasteiger partial charge in [-0.3, -0.25) is 9.36 Å². The molecular weight excluding hydrogens is 488 g/mol. The molecule has 13 heteroatoms. The van der Waals surface area contributed by atoms with E-state index in [2.05, 4.69) is 40.7 Å². The van der Waals surface area contributed by atoms with E-state index in [-0.39, 0.29) is 23.9 Å². The summed E-state index contributed by atoms with van der Waals surface area (Å²) in [7, 11) is 7.43. The third-order valence-electron chi connectivity index (χ3n) is 5.48. The number of nitrogens with zero attached hydrogens (tertiary/aromatic N) is 8. The third-order valence-corrected chi connectivity index (χ3v) is 5.48. The molecule has 0 saturated carbocycles. The molecule has 0 fully saturated rings. The molecule has 3 aromatic heterocycles. The second kappa shape index (κ2) is 12.1. The summed E-state index contributed by atoms with van der Waals surface area (Å²) in [5, 5.41) is 15.1. The second-order valence-electron chi connectivity index (χ2n) is 8.70. The molecule has 38 heavy (non-hydrogen) atoms. The fraction of sp³-hybridized carbons (Fsp3) is 0.360. The van der Waals surface area contributed by atoms with Crippen LogP contribution in [-0.4, -0.2) is 79.7 Å². The minimum Gasteiger partial charge on any atom is -0.494 e. The summed E-state index contributed by atoms with van der Waals surface area (Å²) in [5.41, 5.74) is 2.16. The molecule has 4 rings (SSSR count). The maximum Gasteiger partial charge on any atom is 0.343 e. The number of aromatic nitrogens is 7. The number of aryl methyl sites for hydroxylation is 2. The van der Waals surface area contributed by atoms with Gasteiger partial charge in [-0.05, 0) is 46.1 Å². The number of carbonyl (C=O) groups excluding carboxylic acids is 1. The molecule has 0 radical (unpaired) electrons. The highest BCUT2D eigenvalue weighted by molar-refractivity contribution is 5.96. The average Bonchev–Trinajstić information content (AvgIpc) is 3.52. The summed E-state index contributed by atoms with van der Waals surface area (Å²) in [6.45, 7) is 3.72. The maximum absolute atomic E-state index is 12.7. The number of nitrogens with one attached hydrogen (secondary N) is 2. The molecule has 0 aliphatic carbocycles. The highest BCUT2D eigenvalue weighted by Gasteiger charge is 2.20. The standard InChI is InChI=1S/C25H32N10O3/c1-6-38-24(36)19-14-26-25(29-17-13-28-35(15-17)12-8-11-33(2)3)31-23(19)30-20-10-7-9-18(21(20)37-5)22-27-16-34(4)32-22/h7,9-10,13-16H,6,8,11-12H2,1-5H3,(H2,26,29,30,31). The van der Waals surface area contributed by atoms with Gasteiger partial charge in [-0.1, -0.05) is 6.07 Å². The molecule has 0 unspecified atom stereocenters. The van der Waals surface area contributed by atoms with Gasteiger partial charge in [-0.25, -0.2) is 14.8 Å². The fourth-order valence-electron chi connectivity index (χ4n) is 3.75. The lowest BCUT2D eigenvalue weighted by atomic mass is 10.1. The zero-order chi connectivity index (χ0) is 27.1. The minimum absolute atomic E-state index is 0.181. The summed E-state index contributed by atoms with van der Waals surface area (Å²) in [6.07, 6.45) is 7.60. The number of hydrogen-bond donors (Lipinski definition) is 2. The van der Waals surface area contributed by atoms with Crippen LogP contribution in [0, 0.1) is 0 Å². The number of methoxy groups -OCH3 is 1. The number of hydrogen-bond acceptors (Lipinski definition) is 11. The molecular formula is C25H32N10O3. The Morgan fingerprint density at radius 2 is 2.00 bits per heavy atom. The van der Waals surface area contributed by atoms with Gasteiger partial charge in [0, 0.05) is 26.0 Å². The van der Waals surface area contributed by atoms with Gasteiger partial charge in [0.2, 0.25) is 5.95 Å². The maximum atomic E-state index is 12.7. The van der Waals surface area contributed by atoms with Crippen LogP contribution in [0.2, 0.25) is 0 Å². The number of ether oxygens (including phenoxy) is 2. The predicted molar refractivity (Wildman–Crippen MR) is 143 cm³/mol. The zero-order valence-corrected chi connectivity index (χ0v) is 22.2. The van der Waals surface area contributed by atoms with E-state index in [1.165, 1.54) is 6.20 Å². The number of anilines is 4. The number of rotatable bonds is 12. The molecule has 3 heterocycles. The van der Waals surface area contributed by atoms with E-state index >= 15 is 0 Å². The largest absolute Gasteiger partial charge is 0.494 e. The Labute approximate surface area is 220 Å². The van der Waals surface area contributed by atoms with Crippen LogP contribution in [-0.2, 0) is 18.3 Å². The Bertz CT molecular complexity index is 1380. The van der Waals surface area contributed by atoms with Gasteiger partial charge in [-0.2, -0.15) is 15.2 Å². The third kappa shape index (κ3) is 6.42. The number of carbonyl (C=O) groups is 1. The van der Waals surface area contributed by atoms with E-state index in [1.807, 2.05) is 43.2 Å². The molecule has 0 amide bonds. The van der Waals surface area contributed by atoms with E-state index in [0.717, 1.165) is 25.2 Å². The molecule has 0 aliphatic heterocycles. The van der Waals surface area contributed by atoms with Crippen molar-refractivity contribution in [1.29, 1.82) is 0 Å². The summed E-state index contributed by atoms with van der Waals surface area (Å²) >= 11 is 0. The lowest BCUT2D eigenvalue weighted by Gasteiger charge is -2.16. The van der Waals surface area contributed by atoms with Crippen molar-refractivity contribution in [2.45, 2.75) is 19.9 Å². The molecule has 0 bridgehead atoms. The summed E-state index contributed by atoms with van der Waals surface area (Å²) in [4.78, 5) is 28.0. The Morgan fingerprint density at radius 1 is 1.16 bits per heavy atom. The highest BCUT2D eigenvalue weighted by Crippen LogP contribution is 2.36. The van der Waals surface area contributed by atoms with Crippen molar-refractivity contribution in [2.24, 2.45) is 7.05 Å². The van der Waals surface area contributed by atoms with Crippen molar-refractivity contribution in [2.75, 3.05) is 45.0 Å². The van der Waals surface area contributed by atoms with E-state index in [0.29, 0.717) is 22.8 Å². The van der Waals surface area contributed by atoms with Crippen molar-refractivity contribution >= 4 is 29.1 Å². The smallest absolute Gasteiger partial charge is 0.343 e. The fourth-order valence-corrected chi connectivity index (χ4v) is 3.75. The van der Waals surface area contributed by atoms with E-state index in [9.17, 15) is 4.79 Å².